The number of nitro groups is 1. The van der Waals surface area contributed by atoms with Crippen LogP contribution >= 0.6 is 15.9 Å². The van der Waals surface area contributed by atoms with Crippen LogP contribution in [0.4, 0.5) is 11.4 Å². The molecule has 0 spiro atoms. The molecule has 0 bridgehead atoms. The first-order chi connectivity index (χ1) is 11.5. The molecule has 2 aromatic rings. The Kier molecular flexibility index (Phi) is 3.68. The molecular formula is C19H17BrN2O2. The van der Waals surface area contributed by atoms with Crippen LogP contribution < -0.4 is 5.32 Å². The number of nitrogens with one attached hydrogen (secondary N) is 1. The molecule has 1 N–H and O–H groups in total. The molecule has 0 fully saturated rings. The second-order valence-electron chi connectivity index (χ2n) is 6.51. The minimum absolute atomic E-state index is 0.175. The fourth-order valence-electron chi connectivity index (χ4n) is 3.97. The molecule has 1 heterocycles. The number of nitro benzene ring substituents is 1. The lowest BCUT2D eigenvalue weighted by Gasteiger charge is -2.38. The highest BCUT2D eigenvalue weighted by Crippen LogP contribution is 2.51. The van der Waals surface area contributed by atoms with Crippen molar-refractivity contribution in [1.29, 1.82) is 0 Å². The van der Waals surface area contributed by atoms with E-state index in [1.165, 1.54) is 5.56 Å². The van der Waals surface area contributed by atoms with Crippen molar-refractivity contribution in [2.45, 2.75) is 25.3 Å². The zero-order valence-corrected chi connectivity index (χ0v) is 14.8. The summed E-state index contributed by atoms with van der Waals surface area (Å²) in [6.45, 7) is 1.94. The van der Waals surface area contributed by atoms with Gasteiger partial charge in [0.05, 0.1) is 11.0 Å². The van der Waals surface area contributed by atoms with Crippen LogP contribution in [0.2, 0.25) is 0 Å². The monoisotopic (exact) mass is 384 g/mol. The van der Waals surface area contributed by atoms with E-state index in [2.05, 4.69) is 57.7 Å². The standard InChI is InChI=1S/C19H17BrN2O2/c1-11-9-14(22(23)24)10-17-15-3-2-4-16(15)19(21-18(11)17)12-5-7-13(20)8-6-12/h2-3,5-10,15-16,19,21H,4H2,1H3/t15-,16+,19-/m1/s1. The van der Waals surface area contributed by atoms with Crippen molar-refractivity contribution in [1.82, 2.24) is 0 Å². The van der Waals surface area contributed by atoms with E-state index in [0.29, 0.717) is 5.92 Å². The van der Waals surface area contributed by atoms with Gasteiger partial charge in [-0.1, -0.05) is 40.2 Å². The molecule has 1 aliphatic heterocycles. The lowest BCUT2D eigenvalue weighted by molar-refractivity contribution is -0.385. The van der Waals surface area contributed by atoms with Gasteiger partial charge in [-0.25, -0.2) is 0 Å². The van der Waals surface area contributed by atoms with Crippen LogP contribution in [0.15, 0.2) is 53.0 Å². The van der Waals surface area contributed by atoms with E-state index in [4.69, 9.17) is 0 Å². The first-order valence-corrected chi connectivity index (χ1v) is 8.81. The van der Waals surface area contributed by atoms with E-state index in [1.807, 2.05) is 6.92 Å². The highest BCUT2D eigenvalue weighted by Gasteiger charge is 2.39. The Hall–Kier alpha value is -2.14. The molecule has 0 amide bonds. The molecule has 2 aromatic carbocycles. The Morgan fingerprint density at radius 2 is 2.00 bits per heavy atom. The third-order valence-electron chi connectivity index (χ3n) is 5.09. The SMILES string of the molecule is Cc1cc([N+](=O)[O-])cc2c1N[C@H](c1ccc(Br)cc1)[C@H]1CC=C[C@@H]21. The van der Waals surface area contributed by atoms with Gasteiger partial charge >= 0.3 is 0 Å². The van der Waals surface area contributed by atoms with Crippen molar-refractivity contribution in [2.75, 3.05) is 5.32 Å². The number of aryl methyl sites for hydroxylation is 1. The first kappa shape index (κ1) is 15.4. The number of fused-ring (bicyclic) bond motifs is 3. The molecular weight excluding hydrogens is 368 g/mol. The highest BCUT2D eigenvalue weighted by atomic mass is 79.9. The summed E-state index contributed by atoms with van der Waals surface area (Å²) in [7, 11) is 0. The molecule has 4 nitrogen and oxygen atoms in total. The number of hydrogen-bond acceptors (Lipinski definition) is 3. The van der Waals surface area contributed by atoms with Crippen LogP contribution in [-0.4, -0.2) is 4.92 Å². The topological polar surface area (TPSA) is 55.2 Å². The van der Waals surface area contributed by atoms with Gasteiger partial charge < -0.3 is 5.32 Å². The summed E-state index contributed by atoms with van der Waals surface area (Å²) in [4.78, 5) is 10.9. The van der Waals surface area contributed by atoms with Crippen LogP contribution in [0, 0.1) is 23.0 Å². The third kappa shape index (κ3) is 2.44. The van der Waals surface area contributed by atoms with Crippen molar-refractivity contribution in [3.63, 3.8) is 0 Å². The maximum absolute atomic E-state index is 11.2. The minimum Gasteiger partial charge on any atom is -0.377 e. The predicted octanol–water partition coefficient (Wildman–Crippen LogP) is 5.49. The van der Waals surface area contributed by atoms with E-state index in [0.717, 1.165) is 27.7 Å². The molecule has 0 unspecified atom stereocenters. The second-order valence-corrected chi connectivity index (χ2v) is 7.43. The van der Waals surface area contributed by atoms with E-state index in [-0.39, 0.29) is 22.6 Å². The van der Waals surface area contributed by atoms with E-state index in [1.54, 1.807) is 12.1 Å². The molecule has 0 saturated heterocycles. The second kappa shape index (κ2) is 5.74. The molecule has 0 saturated carbocycles. The Morgan fingerprint density at radius 1 is 1.25 bits per heavy atom. The molecule has 122 valence electrons. The summed E-state index contributed by atoms with van der Waals surface area (Å²) in [6.07, 6.45) is 5.39. The van der Waals surface area contributed by atoms with Crippen LogP contribution in [0.3, 0.4) is 0 Å². The smallest absolute Gasteiger partial charge is 0.270 e. The van der Waals surface area contributed by atoms with Gasteiger partial charge in [0.2, 0.25) is 0 Å². The van der Waals surface area contributed by atoms with E-state index < -0.39 is 0 Å². The zero-order valence-electron chi connectivity index (χ0n) is 13.2. The summed E-state index contributed by atoms with van der Waals surface area (Å²) in [5.74, 6) is 0.619. The Morgan fingerprint density at radius 3 is 2.71 bits per heavy atom. The van der Waals surface area contributed by atoms with E-state index in [9.17, 15) is 10.1 Å². The number of anilines is 1. The Balaban J connectivity index is 1.82. The first-order valence-electron chi connectivity index (χ1n) is 8.02. The normalized spacial score (nSPS) is 24.2. The molecule has 0 radical (unpaired) electrons. The highest BCUT2D eigenvalue weighted by molar-refractivity contribution is 9.10. The van der Waals surface area contributed by atoms with Gasteiger partial charge in [0, 0.05) is 28.2 Å². The average Bonchev–Trinajstić information content (AvgIpc) is 3.05. The van der Waals surface area contributed by atoms with Gasteiger partial charge in [-0.15, -0.1) is 0 Å². The lowest BCUT2D eigenvalue weighted by atomic mass is 9.76. The van der Waals surface area contributed by atoms with Crippen molar-refractivity contribution in [2.24, 2.45) is 5.92 Å². The molecule has 2 aliphatic rings. The zero-order chi connectivity index (χ0) is 16.8. The summed E-state index contributed by atoms with van der Waals surface area (Å²) >= 11 is 3.49. The van der Waals surface area contributed by atoms with Crippen LogP contribution in [-0.2, 0) is 0 Å². The number of allylic oxidation sites excluding steroid dienone is 2. The van der Waals surface area contributed by atoms with Crippen LogP contribution in [0.1, 0.15) is 35.1 Å². The lowest BCUT2D eigenvalue weighted by Crippen LogP contribution is -2.29. The van der Waals surface area contributed by atoms with Crippen molar-refractivity contribution < 1.29 is 4.92 Å². The number of halogens is 1. The number of rotatable bonds is 2. The maximum Gasteiger partial charge on any atom is 0.270 e. The number of benzene rings is 2. The minimum atomic E-state index is -0.304. The third-order valence-corrected chi connectivity index (χ3v) is 5.62. The van der Waals surface area contributed by atoms with Gasteiger partial charge in [0.15, 0.2) is 0 Å². The van der Waals surface area contributed by atoms with Gasteiger partial charge in [0.25, 0.3) is 5.69 Å². The summed E-state index contributed by atoms with van der Waals surface area (Å²) in [5, 5.41) is 14.9. The largest absolute Gasteiger partial charge is 0.377 e. The van der Waals surface area contributed by atoms with Gasteiger partial charge in [-0.05, 0) is 48.1 Å². The Bertz CT molecular complexity index is 845. The summed E-state index contributed by atoms with van der Waals surface area (Å²) in [5.41, 5.74) is 4.45. The molecule has 3 atom stereocenters. The van der Waals surface area contributed by atoms with Crippen molar-refractivity contribution in [3.05, 3.63) is 79.8 Å². The molecule has 1 aliphatic carbocycles. The number of nitrogens with zero attached hydrogens (tertiary/aromatic N) is 1. The molecule has 4 rings (SSSR count). The number of hydrogen-bond donors (Lipinski definition) is 1. The summed E-state index contributed by atoms with van der Waals surface area (Å²) in [6, 6.07) is 12.0. The molecule has 0 aromatic heterocycles. The average molecular weight is 385 g/mol. The maximum atomic E-state index is 11.2. The van der Waals surface area contributed by atoms with Crippen LogP contribution in [0.25, 0.3) is 0 Å². The van der Waals surface area contributed by atoms with Crippen molar-refractivity contribution in [3.8, 4) is 0 Å². The van der Waals surface area contributed by atoms with Gasteiger partial charge in [0.1, 0.15) is 0 Å². The Labute approximate surface area is 148 Å². The fourth-order valence-corrected chi connectivity index (χ4v) is 4.24. The predicted molar refractivity (Wildman–Crippen MR) is 98.3 cm³/mol. The molecule has 5 heteroatoms. The summed E-state index contributed by atoms with van der Waals surface area (Å²) < 4.78 is 1.07. The fraction of sp³-hybridized carbons (Fsp3) is 0.263. The van der Waals surface area contributed by atoms with Crippen molar-refractivity contribution >= 4 is 27.3 Å². The van der Waals surface area contributed by atoms with Crippen LogP contribution in [0.5, 0.6) is 0 Å². The van der Waals surface area contributed by atoms with Gasteiger partial charge in [-0.3, -0.25) is 10.1 Å². The quantitative estimate of drug-likeness (QED) is 0.422. The molecule has 24 heavy (non-hydrogen) atoms. The van der Waals surface area contributed by atoms with Gasteiger partial charge in [-0.2, -0.15) is 0 Å². The number of non-ortho nitro benzene ring substituents is 1. The van der Waals surface area contributed by atoms with E-state index >= 15 is 0 Å².